The zero-order chi connectivity index (χ0) is 19.5. The number of hydrogen-bond donors (Lipinski definition) is 0. The molecule has 0 atom stereocenters. The van der Waals surface area contributed by atoms with Crippen LogP contribution in [0.2, 0.25) is 0 Å². The molecular formula is C20H26N6O2. The second-order valence-electron chi connectivity index (χ2n) is 8.53. The van der Waals surface area contributed by atoms with Crippen molar-refractivity contribution in [1.82, 2.24) is 29.2 Å². The number of rotatable bonds is 1. The maximum atomic E-state index is 13.0. The quantitative estimate of drug-likeness (QED) is 0.740. The molecule has 2 amide bonds. The number of nitrogens with zero attached hydrogens (tertiary/aromatic N) is 6. The summed E-state index contributed by atoms with van der Waals surface area (Å²) in [6.45, 7) is 3.80. The van der Waals surface area contributed by atoms with E-state index in [4.69, 9.17) is 4.98 Å². The average Bonchev–Trinajstić information content (AvgIpc) is 3.31. The first-order valence-electron chi connectivity index (χ1n) is 10.1. The minimum Gasteiger partial charge on any atom is -0.338 e. The Hall–Kier alpha value is -2.48. The summed E-state index contributed by atoms with van der Waals surface area (Å²) in [6, 6.07) is 1.89. The molecule has 28 heavy (non-hydrogen) atoms. The molecule has 3 aliphatic rings. The molecule has 0 radical (unpaired) electrons. The van der Waals surface area contributed by atoms with Gasteiger partial charge in [-0.1, -0.05) is 12.8 Å². The average molecular weight is 382 g/mol. The highest BCUT2D eigenvalue weighted by Crippen LogP contribution is 2.43. The van der Waals surface area contributed by atoms with Crippen molar-refractivity contribution < 1.29 is 9.59 Å². The molecule has 1 spiro atoms. The van der Waals surface area contributed by atoms with Crippen molar-refractivity contribution in [1.29, 1.82) is 0 Å². The summed E-state index contributed by atoms with van der Waals surface area (Å²) in [5.74, 6) is 0.130. The second kappa shape index (κ2) is 6.27. The van der Waals surface area contributed by atoms with Crippen LogP contribution in [-0.2, 0) is 5.54 Å². The Morgan fingerprint density at radius 1 is 1.11 bits per heavy atom. The summed E-state index contributed by atoms with van der Waals surface area (Å²) in [6.07, 6.45) is 6.08. The van der Waals surface area contributed by atoms with Gasteiger partial charge >= 0.3 is 0 Å². The first-order chi connectivity index (χ1) is 13.5. The van der Waals surface area contributed by atoms with Gasteiger partial charge in [0.25, 0.3) is 11.8 Å². The Kier molecular flexibility index (Phi) is 3.94. The minimum atomic E-state index is -0.120. The fraction of sp³-hybridized carbons (Fsp3) is 0.600. The first kappa shape index (κ1) is 17.6. The Bertz CT molecular complexity index is 953. The Balaban J connectivity index is 1.59. The van der Waals surface area contributed by atoms with Crippen LogP contribution in [0.4, 0.5) is 0 Å². The lowest BCUT2D eigenvalue weighted by atomic mass is 9.93. The summed E-state index contributed by atoms with van der Waals surface area (Å²) in [5, 5.41) is 0.833. The van der Waals surface area contributed by atoms with Gasteiger partial charge < -0.3 is 19.3 Å². The van der Waals surface area contributed by atoms with Crippen LogP contribution in [0.25, 0.3) is 11.0 Å². The summed E-state index contributed by atoms with van der Waals surface area (Å²) < 4.78 is 2.13. The normalized spacial score (nSPS) is 22.3. The Morgan fingerprint density at radius 3 is 2.54 bits per heavy atom. The van der Waals surface area contributed by atoms with Crippen LogP contribution in [0.15, 0.2) is 12.3 Å². The highest BCUT2D eigenvalue weighted by Gasteiger charge is 2.45. The molecule has 0 bridgehead atoms. The lowest BCUT2D eigenvalue weighted by Gasteiger charge is -2.41. The smallest absolute Gasteiger partial charge is 0.291 e. The summed E-state index contributed by atoms with van der Waals surface area (Å²) >= 11 is 0. The minimum absolute atomic E-state index is 0.0162. The molecule has 2 fully saturated rings. The molecule has 0 unspecified atom stereocenters. The van der Waals surface area contributed by atoms with E-state index >= 15 is 0 Å². The van der Waals surface area contributed by atoms with Crippen molar-refractivity contribution in [3.63, 3.8) is 0 Å². The van der Waals surface area contributed by atoms with Gasteiger partial charge in [0.05, 0.1) is 5.54 Å². The molecule has 1 saturated heterocycles. The van der Waals surface area contributed by atoms with E-state index in [0.717, 1.165) is 49.8 Å². The molecule has 1 saturated carbocycles. The summed E-state index contributed by atoms with van der Waals surface area (Å²) in [4.78, 5) is 40.7. The van der Waals surface area contributed by atoms with E-state index in [1.54, 1.807) is 6.20 Å². The fourth-order valence-corrected chi connectivity index (χ4v) is 5.07. The molecule has 2 aromatic rings. The Labute approximate surface area is 164 Å². The third-order valence-corrected chi connectivity index (χ3v) is 6.63. The van der Waals surface area contributed by atoms with Crippen LogP contribution in [0.1, 0.15) is 46.8 Å². The van der Waals surface area contributed by atoms with Crippen LogP contribution >= 0.6 is 0 Å². The summed E-state index contributed by atoms with van der Waals surface area (Å²) in [5.41, 5.74) is 1.29. The Morgan fingerprint density at radius 2 is 1.82 bits per heavy atom. The van der Waals surface area contributed by atoms with Gasteiger partial charge in [-0.25, -0.2) is 9.97 Å². The third kappa shape index (κ3) is 2.54. The molecule has 0 N–H and O–H groups in total. The number of likely N-dealkylation sites (N-methyl/N-ethyl adjacent to an activating group) is 2. The van der Waals surface area contributed by atoms with Gasteiger partial charge in [0, 0.05) is 51.4 Å². The standard InChI is InChI=1S/C20H26N6O2/c1-23-7-9-25(10-8-23)19(28)16-21-12-14-11-15-18(27)24(2)13-20(5-3-4-6-20)26(15)17(14)22-16/h11-12H,3-10,13H2,1-2H3. The zero-order valence-corrected chi connectivity index (χ0v) is 16.5. The van der Waals surface area contributed by atoms with E-state index in [0.29, 0.717) is 25.3 Å². The molecule has 5 rings (SSSR count). The molecule has 1 aliphatic carbocycles. The number of hydrogen-bond acceptors (Lipinski definition) is 5. The van der Waals surface area contributed by atoms with Crippen molar-refractivity contribution in [2.24, 2.45) is 0 Å². The monoisotopic (exact) mass is 382 g/mol. The zero-order valence-electron chi connectivity index (χ0n) is 16.5. The SMILES string of the molecule is CN1CCN(C(=O)c2ncc3cc4n(c3n2)C2(CCCC2)CN(C)C4=O)CC1. The number of amides is 2. The molecule has 8 nitrogen and oxygen atoms in total. The van der Waals surface area contributed by atoms with Gasteiger partial charge in [0.15, 0.2) is 0 Å². The van der Waals surface area contributed by atoms with Crippen LogP contribution < -0.4 is 0 Å². The van der Waals surface area contributed by atoms with Crippen LogP contribution in [0, 0.1) is 0 Å². The molecule has 2 aliphatic heterocycles. The van der Waals surface area contributed by atoms with Gasteiger partial charge in [-0.2, -0.15) is 0 Å². The van der Waals surface area contributed by atoms with Gasteiger partial charge in [-0.15, -0.1) is 0 Å². The third-order valence-electron chi connectivity index (χ3n) is 6.63. The topological polar surface area (TPSA) is 74.6 Å². The highest BCUT2D eigenvalue weighted by atomic mass is 16.2. The van der Waals surface area contributed by atoms with Crippen molar-refractivity contribution in [3.8, 4) is 0 Å². The van der Waals surface area contributed by atoms with E-state index in [1.807, 2.05) is 22.9 Å². The lowest BCUT2D eigenvalue weighted by Crippen LogP contribution is -2.50. The first-order valence-corrected chi connectivity index (χ1v) is 10.1. The number of carbonyl (C=O) groups excluding carboxylic acids is 2. The van der Waals surface area contributed by atoms with Gasteiger partial charge in [0.2, 0.25) is 5.82 Å². The van der Waals surface area contributed by atoms with Crippen molar-refractivity contribution >= 4 is 22.8 Å². The van der Waals surface area contributed by atoms with Gasteiger partial charge in [-0.05, 0) is 26.0 Å². The molecule has 148 valence electrons. The number of fused-ring (bicyclic) bond motifs is 4. The van der Waals surface area contributed by atoms with E-state index in [-0.39, 0.29) is 23.2 Å². The highest BCUT2D eigenvalue weighted by molar-refractivity contribution is 6.00. The summed E-state index contributed by atoms with van der Waals surface area (Å²) in [7, 11) is 3.93. The van der Waals surface area contributed by atoms with Crippen LogP contribution in [0.3, 0.4) is 0 Å². The van der Waals surface area contributed by atoms with E-state index in [9.17, 15) is 9.59 Å². The number of aromatic nitrogens is 3. The maximum absolute atomic E-state index is 13.0. The maximum Gasteiger partial charge on any atom is 0.291 e. The van der Waals surface area contributed by atoms with Crippen LogP contribution in [0.5, 0.6) is 0 Å². The lowest BCUT2D eigenvalue weighted by molar-refractivity contribution is 0.0626. The van der Waals surface area contributed by atoms with Gasteiger partial charge in [-0.3, -0.25) is 9.59 Å². The van der Waals surface area contributed by atoms with Crippen molar-refractivity contribution in [2.45, 2.75) is 31.2 Å². The van der Waals surface area contributed by atoms with E-state index in [2.05, 4.69) is 21.5 Å². The fourth-order valence-electron chi connectivity index (χ4n) is 5.07. The largest absolute Gasteiger partial charge is 0.338 e. The van der Waals surface area contributed by atoms with Gasteiger partial charge in [0.1, 0.15) is 11.3 Å². The van der Waals surface area contributed by atoms with E-state index in [1.165, 1.54) is 0 Å². The molecule has 2 aromatic heterocycles. The molecule has 8 heteroatoms. The number of carbonyl (C=O) groups is 2. The molecular weight excluding hydrogens is 356 g/mol. The van der Waals surface area contributed by atoms with Crippen molar-refractivity contribution in [2.75, 3.05) is 46.8 Å². The molecule has 0 aromatic carbocycles. The number of piperazine rings is 1. The van der Waals surface area contributed by atoms with Crippen molar-refractivity contribution in [3.05, 3.63) is 23.8 Å². The van der Waals surface area contributed by atoms with E-state index < -0.39 is 0 Å². The second-order valence-corrected chi connectivity index (χ2v) is 8.53. The predicted octanol–water partition coefficient (Wildman–Crippen LogP) is 1.17. The predicted molar refractivity (Wildman–Crippen MR) is 104 cm³/mol. The van der Waals surface area contributed by atoms with Crippen LogP contribution in [-0.4, -0.2) is 87.9 Å². The molecule has 4 heterocycles.